The number of amides is 1. The molecule has 0 saturated heterocycles. The van der Waals surface area contributed by atoms with E-state index in [2.05, 4.69) is 5.32 Å². The zero-order chi connectivity index (χ0) is 16.2. The van der Waals surface area contributed by atoms with Gasteiger partial charge < -0.3 is 15.0 Å². The highest BCUT2D eigenvalue weighted by atomic mass is 19.1. The third kappa shape index (κ3) is 3.57. The third-order valence-corrected chi connectivity index (χ3v) is 3.73. The van der Waals surface area contributed by atoms with E-state index < -0.39 is 6.10 Å². The number of nitrogens with one attached hydrogen (secondary N) is 1. The van der Waals surface area contributed by atoms with Gasteiger partial charge in [-0.25, -0.2) is 4.39 Å². The van der Waals surface area contributed by atoms with Crippen LogP contribution < -0.4 is 5.32 Å². The second kappa shape index (κ2) is 6.62. The molecule has 2 N–H and O–H groups in total. The molecule has 5 heteroatoms. The van der Waals surface area contributed by atoms with Crippen LogP contribution in [0.15, 0.2) is 60.8 Å². The molecule has 1 heterocycles. The lowest BCUT2D eigenvalue weighted by Gasteiger charge is -2.13. The maximum Gasteiger partial charge on any atom is 0.240 e. The quantitative estimate of drug-likeness (QED) is 0.761. The van der Waals surface area contributed by atoms with Crippen LogP contribution in [-0.4, -0.2) is 22.1 Å². The summed E-state index contributed by atoms with van der Waals surface area (Å²) >= 11 is 0. The average Bonchev–Trinajstić information content (AvgIpc) is 2.95. The minimum Gasteiger partial charge on any atom is -0.387 e. The molecule has 0 radical (unpaired) electrons. The van der Waals surface area contributed by atoms with Gasteiger partial charge in [-0.2, -0.15) is 0 Å². The second-order valence-electron chi connectivity index (χ2n) is 5.38. The highest BCUT2D eigenvalue weighted by molar-refractivity contribution is 5.83. The first kappa shape index (κ1) is 15.2. The van der Waals surface area contributed by atoms with Crippen LogP contribution in [0.5, 0.6) is 0 Å². The van der Waals surface area contributed by atoms with E-state index in [9.17, 15) is 14.3 Å². The van der Waals surface area contributed by atoms with Crippen LogP contribution in [0, 0.1) is 5.82 Å². The number of hydrogen-bond donors (Lipinski definition) is 2. The smallest absolute Gasteiger partial charge is 0.240 e. The Kier molecular flexibility index (Phi) is 4.39. The van der Waals surface area contributed by atoms with Gasteiger partial charge in [0.1, 0.15) is 12.4 Å². The molecule has 4 nitrogen and oxygen atoms in total. The van der Waals surface area contributed by atoms with Crippen LogP contribution in [0.2, 0.25) is 0 Å². The lowest BCUT2D eigenvalue weighted by Crippen LogP contribution is -2.31. The number of aromatic nitrogens is 1. The molecule has 1 atom stereocenters. The molecule has 1 aromatic heterocycles. The van der Waals surface area contributed by atoms with Gasteiger partial charge in [0.25, 0.3) is 0 Å². The highest BCUT2D eigenvalue weighted by Gasteiger charge is 2.10. The van der Waals surface area contributed by atoms with Crippen molar-refractivity contribution in [2.45, 2.75) is 12.6 Å². The Balaban J connectivity index is 1.62. The third-order valence-electron chi connectivity index (χ3n) is 3.73. The number of aliphatic hydroxyl groups is 1. The maximum absolute atomic E-state index is 13.3. The molecule has 23 heavy (non-hydrogen) atoms. The van der Waals surface area contributed by atoms with Crippen LogP contribution in [0.4, 0.5) is 4.39 Å². The zero-order valence-electron chi connectivity index (χ0n) is 12.4. The van der Waals surface area contributed by atoms with Crippen LogP contribution in [-0.2, 0) is 11.3 Å². The van der Waals surface area contributed by atoms with Crippen LogP contribution in [0.25, 0.3) is 10.9 Å². The number of fused-ring (bicyclic) bond motifs is 1. The fourth-order valence-corrected chi connectivity index (χ4v) is 2.51. The van der Waals surface area contributed by atoms with Crippen molar-refractivity contribution >= 4 is 16.8 Å². The molecule has 0 aliphatic carbocycles. The van der Waals surface area contributed by atoms with Gasteiger partial charge in [0.2, 0.25) is 5.91 Å². The standard InChI is InChI=1S/C18H17FN2O2/c19-15-7-6-13-8-9-21(16(13)10-15)12-18(23)20-11-17(22)14-4-2-1-3-5-14/h1-10,17,22H,11-12H2,(H,20,23)/t17-/m1/s1. The van der Waals surface area contributed by atoms with Crippen molar-refractivity contribution in [3.8, 4) is 0 Å². The van der Waals surface area contributed by atoms with Crippen molar-refractivity contribution in [3.05, 3.63) is 72.2 Å². The molecule has 1 amide bonds. The predicted molar refractivity (Wildman–Crippen MR) is 86.3 cm³/mol. The van der Waals surface area contributed by atoms with Crippen LogP contribution >= 0.6 is 0 Å². The molecule has 0 bridgehead atoms. The molecule has 0 aliphatic rings. The summed E-state index contributed by atoms with van der Waals surface area (Å²) in [5.41, 5.74) is 1.42. The predicted octanol–water partition coefficient (Wildman–Crippen LogP) is 2.63. The Bertz CT molecular complexity index is 814. The molecule has 0 spiro atoms. The fraction of sp³-hybridized carbons (Fsp3) is 0.167. The van der Waals surface area contributed by atoms with E-state index >= 15 is 0 Å². The van der Waals surface area contributed by atoms with Gasteiger partial charge in [-0.15, -0.1) is 0 Å². The molecule has 0 aliphatic heterocycles. The normalized spacial score (nSPS) is 12.3. The molecule has 2 aromatic carbocycles. The molecule has 3 rings (SSSR count). The molecule has 3 aromatic rings. The van der Waals surface area contributed by atoms with E-state index in [1.54, 1.807) is 29.0 Å². The summed E-state index contributed by atoms with van der Waals surface area (Å²) in [7, 11) is 0. The van der Waals surface area contributed by atoms with Crippen molar-refractivity contribution in [3.63, 3.8) is 0 Å². The summed E-state index contributed by atoms with van der Waals surface area (Å²) < 4.78 is 15.0. The number of nitrogens with zero attached hydrogens (tertiary/aromatic N) is 1. The molecule has 0 unspecified atom stereocenters. The number of hydrogen-bond acceptors (Lipinski definition) is 2. The van der Waals surface area contributed by atoms with Crippen molar-refractivity contribution < 1.29 is 14.3 Å². The molecule has 0 saturated carbocycles. The first-order valence-electron chi connectivity index (χ1n) is 7.37. The summed E-state index contributed by atoms with van der Waals surface area (Å²) in [6.45, 7) is 0.213. The first-order valence-corrected chi connectivity index (χ1v) is 7.37. The van der Waals surface area contributed by atoms with Crippen molar-refractivity contribution in [1.29, 1.82) is 0 Å². The number of rotatable bonds is 5. The molecular weight excluding hydrogens is 295 g/mol. The van der Waals surface area contributed by atoms with Gasteiger partial charge in [0.15, 0.2) is 0 Å². The van der Waals surface area contributed by atoms with Gasteiger partial charge in [-0.1, -0.05) is 30.3 Å². The summed E-state index contributed by atoms with van der Waals surface area (Å²) in [6, 6.07) is 15.5. The van der Waals surface area contributed by atoms with Crippen molar-refractivity contribution in [1.82, 2.24) is 9.88 Å². The number of carbonyl (C=O) groups is 1. The lowest BCUT2D eigenvalue weighted by atomic mass is 10.1. The second-order valence-corrected chi connectivity index (χ2v) is 5.38. The summed E-state index contributed by atoms with van der Waals surface area (Å²) in [5, 5.41) is 13.6. The van der Waals surface area contributed by atoms with E-state index in [-0.39, 0.29) is 24.8 Å². The van der Waals surface area contributed by atoms with E-state index in [1.807, 2.05) is 24.3 Å². The van der Waals surface area contributed by atoms with Gasteiger partial charge in [-0.05, 0) is 35.2 Å². The monoisotopic (exact) mass is 312 g/mol. The average molecular weight is 312 g/mol. The van der Waals surface area contributed by atoms with Crippen molar-refractivity contribution in [2.75, 3.05) is 6.54 Å². The summed E-state index contributed by atoms with van der Waals surface area (Å²) in [4.78, 5) is 12.0. The minimum absolute atomic E-state index is 0.0778. The van der Waals surface area contributed by atoms with E-state index in [0.717, 1.165) is 10.9 Å². The SMILES string of the molecule is O=C(Cn1ccc2ccc(F)cc21)NC[C@@H](O)c1ccccc1. The highest BCUT2D eigenvalue weighted by Crippen LogP contribution is 2.17. The topological polar surface area (TPSA) is 54.3 Å². The largest absolute Gasteiger partial charge is 0.387 e. The minimum atomic E-state index is -0.751. The van der Waals surface area contributed by atoms with E-state index in [0.29, 0.717) is 5.52 Å². The number of halogens is 1. The number of benzene rings is 2. The van der Waals surface area contributed by atoms with Crippen LogP contribution in [0.3, 0.4) is 0 Å². The first-order chi connectivity index (χ1) is 11.1. The zero-order valence-corrected chi connectivity index (χ0v) is 12.4. The van der Waals surface area contributed by atoms with E-state index in [1.165, 1.54) is 12.1 Å². The van der Waals surface area contributed by atoms with Crippen LogP contribution in [0.1, 0.15) is 11.7 Å². The van der Waals surface area contributed by atoms with Gasteiger partial charge in [0, 0.05) is 12.7 Å². The van der Waals surface area contributed by atoms with Gasteiger partial charge in [-0.3, -0.25) is 4.79 Å². The molecule has 0 fully saturated rings. The Morgan fingerprint density at radius 1 is 1.17 bits per heavy atom. The molecular formula is C18H17FN2O2. The Morgan fingerprint density at radius 3 is 2.74 bits per heavy atom. The lowest BCUT2D eigenvalue weighted by molar-refractivity contribution is -0.122. The Labute approximate surface area is 133 Å². The maximum atomic E-state index is 13.3. The Morgan fingerprint density at radius 2 is 1.96 bits per heavy atom. The van der Waals surface area contributed by atoms with E-state index in [4.69, 9.17) is 0 Å². The van der Waals surface area contributed by atoms with Gasteiger partial charge >= 0.3 is 0 Å². The van der Waals surface area contributed by atoms with Crippen molar-refractivity contribution in [2.24, 2.45) is 0 Å². The number of carbonyl (C=O) groups excluding carboxylic acids is 1. The fourth-order valence-electron chi connectivity index (χ4n) is 2.51. The Hall–Kier alpha value is -2.66. The number of aliphatic hydroxyl groups excluding tert-OH is 1. The summed E-state index contributed by atoms with van der Waals surface area (Å²) in [5.74, 6) is -0.570. The summed E-state index contributed by atoms with van der Waals surface area (Å²) in [6.07, 6.45) is 0.996. The molecule has 118 valence electrons. The van der Waals surface area contributed by atoms with Gasteiger partial charge in [0.05, 0.1) is 11.6 Å².